The first-order chi connectivity index (χ1) is 12.7. The minimum absolute atomic E-state index is 0. The number of benzene rings is 2. The van der Waals surface area contributed by atoms with E-state index in [-0.39, 0.29) is 18.4 Å². The van der Waals surface area contributed by atoms with Gasteiger partial charge in [0.25, 0.3) is 0 Å². The number of nitrogens with zero attached hydrogens (tertiary/aromatic N) is 1. The van der Waals surface area contributed by atoms with Gasteiger partial charge in [0.1, 0.15) is 6.61 Å². The quantitative estimate of drug-likeness (QED) is 0.519. The highest BCUT2D eigenvalue weighted by Gasteiger charge is 2.43. The fraction of sp³-hybridized carbons (Fsp3) is 0.409. The van der Waals surface area contributed by atoms with Gasteiger partial charge in [-0.3, -0.25) is 0 Å². The summed E-state index contributed by atoms with van der Waals surface area (Å²) in [7, 11) is 0. The number of carbonyl (C=O) groups is 1. The van der Waals surface area contributed by atoms with E-state index in [0.29, 0.717) is 6.61 Å². The molecule has 0 aliphatic carbocycles. The number of rotatable bonds is 10. The number of ether oxygens (including phenoxy) is 1. The van der Waals surface area contributed by atoms with E-state index in [1.54, 1.807) is 11.8 Å². The molecule has 0 heterocycles. The van der Waals surface area contributed by atoms with Gasteiger partial charge in [0.05, 0.1) is 0 Å². The maximum atomic E-state index is 13.4. The summed E-state index contributed by atoms with van der Waals surface area (Å²) < 4.78 is 4.97. The summed E-state index contributed by atoms with van der Waals surface area (Å²) >= 11 is 1.62. The topological polar surface area (TPSA) is 29.5 Å². The summed E-state index contributed by atoms with van der Waals surface area (Å²) in [6, 6.07) is 19.9. The fourth-order valence-electron chi connectivity index (χ4n) is 3.10. The van der Waals surface area contributed by atoms with Crippen LogP contribution in [0.2, 0.25) is 0 Å². The van der Waals surface area contributed by atoms with Gasteiger partial charge in [0, 0.05) is 6.54 Å². The highest BCUT2D eigenvalue weighted by molar-refractivity contribution is 8.01. The van der Waals surface area contributed by atoms with E-state index in [9.17, 15) is 4.79 Å². The molecule has 0 aromatic heterocycles. The zero-order chi connectivity index (χ0) is 18.8. The van der Waals surface area contributed by atoms with Crippen LogP contribution in [0.25, 0.3) is 0 Å². The van der Waals surface area contributed by atoms with Crippen molar-refractivity contribution in [2.45, 2.75) is 25.5 Å². The third-order valence-corrected chi connectivity index (χ3v) is 5.90. The number of likely N-dealkylation sites (N-methyl/N-ethyl adjacent to an activating group) is 1. The van der Waals surface area contributed by atoms with Crippen LogP contribution in [0.3, 0.4) is 0 Å². The summed E-state index contributed by atoms with van der Waals surface area (Å²) in [5.74, 6) is 0.628. The number of hydrogen-bond donors (Lipinski definition) is 0. The molecule has 0 saturated heterocycles. The van der Waals surface area contributed by atoms with Gasteiger partial charge in [-0.05, 0) is 30.0 Å². The third-order valence-electron chi connectivity index (χ3n) is 4.54. The molecule has 0 amide bonds. The number of esters is 1. The van der Waals surface area contributed by atoms with Crippen molar-refractivity contribution < 1.29 is 9.53 Å². The van der Waals surface area contributed by atoms with Crippen LogP contribution in [0.1, 0.15) is 31.9 Å². The van der Waals surface area contributed by atoms with E-state index in [2.05, 4.69) is 25.7 Å². The first-order valence-corrected chi connectivity index (χ1v) is 10.3. The predicted octanol–water partition coefficient (Wildman–Crippen LogP) is 4.99. The van der Waals surface area contributed by atoms with Crippen LogP contribution in [0.15, 0.2) is 60.7 Å². The van der Waals surface area contributed by atoms with Gasteiger partial charge in [-0.1, -0.05) is 81.4 Å². The Labute approximate surface area is 173 Å². The van der Waals surface area contributed by atoms with E-state index >= 15 is 0 Å². The number of halogens is 1. The zero-order valence-corrected chi connectivity index (χ0v) is 18.0. The zero-order valence-electron chi connectivity index (χ0n) is 16.4. The van der Waals surface area contributed by atoms with Crippen molar-refractivity contribution in [3.8, 4) is 0 Å². The molecule has 0 N–H and O–H groups in total. The molecule has 2 rings (SSSR count). The Bertz CT molecular complexity index is 623. The second-order valence-electron chi connectivity index (χ2n) is 6.01. The van der Waals surface area contributed by atoms with E-state index in [4.69, 9.17) is 4.74 Å². The molecule has 0 saturated carbocycles. The largest absolute Gasteiger partial charge is 0.463 e. The average molecular weight is 408 g/mol. The van der Waals surface area contributed by atoms with E-state index in [0.717, 1.165) is 36.5 Å². The molecule has 27 heavy (non-hydrogen) atoms. The minimum atomic E-state index is -0.833. The van der Waals surface area contributed by atoms with Crippen molar-refractivity contribution in [2.24, 2.45) is 0 Å². The normalized spacial score (nSPS) is 11.1. The van der Waals surface area contributed by atoms with Crippen LogP contribution in [-0.2, 0) is 14.3 Å². The van der Waals surface area contributed by atoms with E-state index < -0.39 is 4.75 Å². The Kier molecular flexibility index (Phi) is 10.5. The van der Waals surface area contributed by atoms with Crippen LogP contribution in [0.5, 0.6) is 0 Å². The molecule has 2 aromatic rings. The molecule has 148 valence electrons. The SMILES string of the molecule is CCSC(C(=O)OCCN(CC)CC)(c1ccccc1)c1ccccc1.Cl. The maximum Gasteiger partial charge on any atom is 0.331 e. The molecule has 0 fully saturated rings. The van der Waals surface area contributed by atoms with Crippen LogP contribution in [0, 0.1) is 0 Å². The van der Waals surface area contributed by atoms with Crippen LogP contribution < -0.4 is 0 Å². The Hall–Kier alpha value is -1.49. The number of hydrogen-bond acceptors (Lipinski definition) is 4. The fourth-order valence-corrected chi connectivity index (χ4v) is 4.31. The standard InChI is InChI=1S/C22H29NO2S.ClH/c1-4-23(5-2)17-18-25-21(24)22(26-6-3,19-13-9-7-10-14-19)20-15-11-8-12-16-20;/h7-16H,4-6,17-18H2,1-3H3;1H. The highest BCUT2D eigenvalue weighted by Crippen LogP contribution is 2.43. The van der Waals surface area contributed by atoms with Gasteiger partial charge in [0.15, 0.2) is 4.75 Å². The van der Waals surface area contributed by atoms with Crippen molar-refractivity contribution in [3.63, 3.8) is 0 Å². The smallest absolute Gasteiger partial charge is 0.331 e. The maximum absolute atomic E-state index is 13.4. The Morgan fingerprint density at radius 2 is 1.41 bits per heavy atom. The third kappa shape index (κ3) is 5.74. The predicted molar refractivity (Wildman–Crippen MR) is 118 cm³/mol. The molecule has 0 radical (unpaired) electrons. The highest BCUT2D eigenvalue weighted by atomic mass is 35.5. The van der Waals surface area contributed by atoms with Gasteiger partial charge in [-0.2, -0.15) is 0 Å². The first-order valence-electron chi connectivity index (χ1n) is 9.33. The molecular formula is C22H30ClNO2S. The first kappa shape index (κ1) is 23.5. The van der Waals surface area contributed by atoms with Gasteiger partial charge in [0.2, 0.25) is 0 Å². The van der Waals surface area contributed by atoms with Gasteiger partial charge in [-0.15, -0.1) is 24.2 Å². The van der Waals surface area contributed by atoms with Gasteiger partial charge in [-0.25, -0.2) is 4.79 Å². The Balaban J connectivity index is 0.00000364. The molecule has 0 aliphatic heterocycles. The molecule has 0 bridgehead atoms. The molecule has 0 spiro atoms. The summed E-state index contributed by atoms with van der Waals surface area (Å²) in [6.07, 6.45) is 0. The second kappa shape index (κ2) is 12.1. The van der Waals surface area contributed by atoms with Crippen molar-refractivity contribution in [1.29, 1.82) is 0 Å². The van der Waals surface area contributed by atoms with E-state index in [1.165, 1.54) is 0 Å². The van der Waals surface area contributed by atoms with Crippen molar-refractivity contribution in [3.05, 3.63) is 71.8 Å². The monoisotopic (exact) mass is 407 g/mol. The lowest BCUT2D eigenvalue weighted by atomic mass is 9.90. The molecule has 0 atom stereocenters. The molecule has 2 aromatic carbocycles. The Morgan fingerprint density at radius 3 is 1.81 bits per heavy atom. The molecular weight excluding hydrogens is 378 g/mol. The van der Waals surface area contributed by atoms with E-state index in [1.807, 2.05) is 60.7 Å². The van der Waals surface area contributed by atoms with Gasteiger partial charge < -0.3 is 9.64 Å². The van der Waals surface area contributed by atoms with Crippen molar-refractivity contribution in [2.75, 3.05) is 32.0 Å². The number of carbonyl (C=O) groups excluding carboxylic acids is 1. The summed E-state index contributed by atoms with van der Waals surface area (Å²) in [5.41, 5.74) is 1.93. The minimum Gasteiger partial charge on any atom is -0.463 e. The lowest BCUT2D eigenvalue weighted by Gasteiger charge is -2.32. The lowest BCUT2D eigenvalue weighted by Crippen LogP contribution is -2.37. The van der Waals surface area contributed by atoms with Crippen LogP contribution >= 0.6 is 24.2 Å². The molecule has 0 unspecified atom stereocenters. The summed E-state index contributed by atoms with van der Waals surface area (Å²) in [6.45, 7) is 9.41. The molecule has 5 heteroatoms. The second-order valence-corrected chi connectivity index (χ2v) is 7.49. The molecule has 0 aliphatic rings. The van der Waals surface area contributed by atoms with Crippen LogP contribution in [-0.4, -0.2) is 42.9 Å². The van der Waals surface area contributed by atoms with Crippen molar-refractivity contribution >= 4 is 30.1 Å². The summed E-state index contributed by atoms with van der Waals surface area (Å²) in [4.78, 5) is 15.6. The van der Waals surface area contributed by atoms with Crippen LogP contribution in [0.4, 0.5) is 0 Å². The number of thioether (sulfide) groups is 1. The molecule has 3 nitrogen and oxygen atoms in total. The summed E-state index contributed by atoms with van der Waals surface area (Å²) in [5, 5.41) is 0. The van der Waals surface area contributed by atoms with Crippen molar-refractivity contribution in [1.82, 2.24) is 4.90 Å². The Morgan fingerprint density at radius 1 is 0.926 bits per heavy atom. The van der Waals surface area contributed by atoms with Gasteiger partial charge >= 0.3 is 5.97 Å². The lowest BCUT2D eigenvalue weighted by molar-refractivity contribution is -0.146. The average Bonchev–Trinajstić information content (AvgIpc) is 2.70.